The average molecular weight is 307 g/mol. The van der Waals surface area contributed by atoms with Crippen LogP contribution in [0.2, 0.25) is 0 Å². The molecule has 22 heavy (non-hydrogen) atoms. The Hall–Kier alpha value is -2.18. The summed E-state index contributed by atoms with van der Waals surface area (Å²) < 4.78 is 10.3. The number of aromatic nitrogens is 2. The number of ketones is 1. The minimum atomic E-state index is -0.562. The molecule has 120 valence electrons. The first kappa shape index (κ1) is 16.2. The van der Waals surface area contributed by atoms with Crippen molar-refractivity contribution >= 4 is 11.9 Å². The molecule has 7 heteroatoms. The van der Waals surface area contributed by atoms with Gasteiger partial charge >= 0.3 is 6.09 Å². The maximum Gasteiger partial charge on any atom is 0.410 e. The Morgan fingerprint density at radius 1 is 1.32 bits per heavy atom. The molecule has 7 nitrogen and oxygen atoms in total. The van der Waals surface area contributed by atoms with E-state index in [4.69, 9.17) is 9.47 Å². The van der Waals surface area contributed by atoms with Crippen LogP contribution in [-0.2, 0) is 9.53 Å². The van der Waals surface area contributed by atoms with E-state index in [0.717, 1.165) is 0 Å². The molecule has 0 aromatic carbocycles. The van der Waals surface area contributed by atoms with Crippen molar-refractivity contribution in [2.75, 3.05) is 20.2 Å². The van der Waals surface area contributed by atoms with Crippen molar-refractivity contribution in [1.29, 1.82) is 0 Å². The second-order valence-corrected chi connectivity index (χ2v) is 6.18. The normalized spacial score (nSPS) is 19.0. The third-order valence-corrected chi connectivity index (χ3v) is 3.29. The second kappa shape index (κ2) is 6.29. The van der Waals surface area contributed by atoms with Crippen LogP contribution in [0.3, 0.4) is 0 Å². The minimum Gasteiger partial charge on any atom is -0.480 e. The summed E-state index contributed by atoms with van der Waals surface area (Å²) in [5.74, 6) is -0.0324. The van der Waals surface area contributed by atoms with Gasteiger partial charge in [0, 0.05) is 19.5 Å². The van der Waals surface area contributed by atoms with Gasteiger partial charge in [0.1, 0.15) is 11.4 Å². The van der Waals surface area contributed by atoms with Crippen LogP contribution in [0.1, 0.15) is 38.8 Å². The molecule has 1 saturated heterocycles. The van der Waals surface area contributed by atoms with E-state index in [0.29, 0.717) is 18.1 Å². The summed E-state index contributed by atoms with van der Waals surface area (Å²) in [7, 11) is 1.50. The van der Waals surface area contributed by atoms with Crippen LogP contribution in [0.5, 0.6) is 5.88 Å². The SMILES string of the molecule is COc1cnc(C2CN(C(=O)OC(C)(C)C)CCC2=O)cn1. The molecule has 1 aliphatic rings. The van der Waals surface area contributed by atoms with Gasteiger partial charge in [0.2, 0.25) is 5.88 Å². The van der Waals surface area contributed by atoms with Gasteiger partial charge < -0.3 is 14.4 Å². The average Bonchev–Trinajstić information content (AvgIpc) is 2.46. The van der Waals surface area contributed by atoms with E-state index in [2.05, 4.69) is 9.97 Å². The first-order chi connectivity index (χ1) is 10.3. The lowest BCUT2D eigenvalue weighted by atomic mass is 9.94. The van der Waals surface area contributed by atoms with Crippen LogP contribution in [0, 0.1) is 0 Å². The van der Waals surface area contributed by atoms with Crippen molar-refractivity contribution in [3.8, 4) is 5.88 Å². The Labute approximate surface area is 129 Å². The largest absolute Gasteiger partial charge is 0.480 e. The molecule has 1 atom stereocenters. The molecule has 1 aromatic heterocycles. The van der Waals surface area contributed by atoms with E-state index in [-0.39, 0.29) is 18.7 Å². The number of piperidine rings is 1. The maximum atomic E-state index is 12.1. The highest BCUT2D eigenvalue weighted by Crippen LogP contribution is 2.24. The van der Waals surface area contributed by atoms with Gasteiger partial charge in [-0.2, -0.15) is 0 Å². The molecule has 0 saturated carbocycles. The number of carbonyl (C=O) groups excluding carboxylic acids is 2. The highest BCUT2D eigenvalue weighted by atomic mass is 16.6. The van der Waals surface area contributed by atoms with E-state index in [1.54, 1.807) is 4.90 Å². The molecule has 2 heterocycles. The smallest absolute Gasteiger partial charge is 0.410 e. The molecule has 1 fully saturated rings. The number of methoxy groups -OCH3 is 1. The number of likely N-dealkylation sites (tertiary alicyclic amines) is 1. The predicted octanol–water partition coefficient (Wildman–Crippen LogP) is 1.78. The van der Waals surface area contributed by atoms with Crippen LogP contribution in [0.25, 0.3) is 0 Å². The molecule has 1 aliphatic heterocycles. The van der Waals surface area contributed by atoms with E-state index in [1.807, 2.05) is 20.8 Å². The van der Waals surface area contributed by atoms with Crippen LogP contribution in [0.4, 0.5) is 4.79 Å². The van der Waals surface area contributed by atoms with Gasteiger partial charge in [-0.1, -0.05) is 0 Å². The van der Waals surface area contributed by atoms with E-state index in [1.165, 1.54) is 19.5 Å². The number of Topliss-reactive ketones (excluding diaryl/α,β-unsaturated/α-hetero) is 1. The second-order valence-electron chi connectivity index (χ2n) is 6.18. The summed E-state index contributed by atoms with van der Waals surface area (Å²) in [5.41, 5.74) is -0.0208. The van der Waals surface area contributed by atoms with Crippen molar-refractivity contribution < 1.29 is 19.1 Å². The van der Waals surface area contributed by atoms with Gasteiger partial charge in [-0.05, 0) is 20.8 Å². The van der Waals surface area contributed by atoms with E-state index < -0.39 is 17.6 Å². The number of rotatable bonds is 2. The standard InChI is InChI=1S/C15H21N3O4/c1-15(2,3)22-14(20)18-6-5-12(19)10(9-18)11-7-17-13(21-4)8-16-11/h7-8,10H,5-6,9H2,1-4H3. The predicted molar refractivity (Wildman–Crippen MR) is 78.8 cm³/mol. The first-order valence-electron chi connectivity index (χ1n) is 7.17. The highest BCUT2D eigenvalue weighted by Gasteiger charge is 2.34. The molecular formula is C15H21N3O4. The maximum absolute atomic E-state index is 12.1. The summed E-state index contributed by atoms with van der Waals surface area (Å²) in [6.07, 6.45) is 2.86. The van der Waals surface area contributed by atoms with Crippen LogP contribution < -0.4 is 4.74 Å². The fraction of sp³-hybridized carbons (Fsp3) is 0.600. The molecule has 0 aliphatic carbocycles. The number of amides is 1. The monoisotopic (exact) mass is 307 g/mol. The number of hydrogen-bond acceptors (Lipinski definition) is 6. The fourth-order valence-electron chi connectivity index (χ4n) is 2.20. The summed E-state index contributed by atoms with van der Waals surface area (Å²) in [5, 5.41) is 0. The summed E-state index contributed by atoms with van der Waals surface area (Å²) in [6.45, 7) is 6.06. The zero-order valence-electron chi connectivity index (χ0n) is 13.3. The number of ether oxygens (including phenoxy) is 2. The Balaban J connectivity index is 2.10. The van der Waals surface area contributed by atoms with Crippen LogP contribution in [0.15, 0.2) is 12.4 Å². The van der Waals surface area contributed by atoms with Gasteiger partial charge in [-0.25, -0.2) is 9.78 Å². The Morgan fingerprint density at radius 3 is 2.59 bits per heavy atom. The Bertz CT molecular complexity index is 551. The molecule has 1 amide bonds. The van der Waals surface area contributed by atoms with Crippen molar-refractivity contribution in [1.82, 2.24) is 14.9 Å². The third-order valence-electron chi connectivity index (χ3n) is 3.29. The third kappa shape index (κ3) is 3.93. The quantitative estimate of drug-likeness (QED) is 0.828. The molecule has 0 N–H and O–H groups in total. The van der Waals surface area contributed by atoms with Crippen LogP contribution in [-0.4, -0.2) is 52.5 Å². The minimum absolute atomic E-state index is 0.0549. The van der Waals surface area contributed by atoms with E-state index in [9.17, 15) is 9.59 Å². The molecule has 1 aromatic rings. The molecule has 0 bridgehead atoms. The molecule has 0 radical (unpaired) electrons. The zero-order valence-corrected chi connectivity index (χ0v) is 13.3. The Kier molecular flexibility index (Phi) is 4.63. The van der Waals surface area contributed by atoms with E-state index >= 15 is 0 Å². The van der Waals surface area contributed by atoms with Crippen molar-refractivity contribution in [3.05, 3.63) is 18.1 Å². The number of hydrogen-bond donors (Lipinski definition) is 0. The fourth-order valence-corrected chi connectivity index (χ4v) is 2.20. The topological polar surface area (TPSA) is 81.6 Å². The van der Waals surface area contributed by atoms with Crippen LogP contribution >= 0.6 is 0 Å². The molecule has 2 rings (SSSR count). The van der Waals surface area contributed by atoms with Gasteiger partial charge in [0.05, 0.1) is 31.1 Å². The molecule has 0 spiro atoms. The van der Waals surface area contributed by atoms with Gasteiger partial charge in [-0.3, -0.25) is 9.78 Å². The zero-order chi connectivity index (χ0) is 16.3. The number of carbonyl (C=O) groups is 2. The van der Waals surface area contributed by atoms with Gasteiger partial charge in [0.15, 0.2) is 0 Å². The molecule has 1 unspecified atom stereocenters. The Morgan fingerprint density at radius 2 is 2.05 bits per heavy atom. The number of nitrogens with zero attached hydrogens (tertiary/aromatic N) is 3. The highest BCUT2D eigenvalue weighted by molar-refractivity contribution is 5.87. The van der Waals surface area contributed by atoms with Gasteiger partial charge in [-0.15, -0.1) is 0 Å². The lowest BCUT2D eigenvalue weighted by molar-refractivity contribution is -0.123. The molecular weight excluding hydrogens is 286 g/mol. The van der Waals surface area contributed by atoms with Crippen molar-refractivity contribution in [2.45, 2.75) is 38.7 Å². The summed E-state index contributed by atoms with van der Waals surface area (Å²) in [6, 6.07) is 0. The van der Waals surface area contributed by atoms with Crippen molar-refractivity contribution in [3.63, 3.8) is 0 Å². The summed E-state index contributed by atoms with van der Waals surface area (Å²) >= 11 is 0. The van der Waals surface area contributed by atoms with Gasteiger partial charge in [0.25, 0.3) is 0 Å². The lowest BCUT2D eigenvalue weighted by Gasteiger charge is -2.33. The summed E-state index contributed by atoms with van der Waals surface area (Å²) in [4.78, 5) is 34.1. The first-order valence-corrected chi connectivity index (χ1v) is 7.17. The van der Waals surface area contributed by atoms with Crippen molar-refractivity contribution in [2.24, 2.45) is 0 Å². The lowest BCUT2D eigenvalue weighted by Crippen LogP contribution is -2.45.